The number of anilines is 2. The highest BCUT2D eigenvalue weighted by Gasteiger charge is 2.22. The van der Waals surface area contributed by atoms with Gasteiger partial charge in [-0.25, -0.2) is 8.42 Å². The van der Waals surface area contributed by atoms with Crippen molar-refractivity contribution < 1.29 is 18.1 Å². The minimum absolute atomic E-state index is 0.179. The fraction of sp³-hybridized carbons (Fsp3) is 0.294. The zero-order chi connectivity index (χ0) is 19.3. The third-order valence-electron chi connectivity index (χ3n) is 3.72. The summed E-state index contributed by atoms with van der Waals surface area (Å²) in [7, 11) is -2.44. The highest BCUT2D eigenvalue weighted by molar-refractivity contribution is 7.92. The Labute approximate surface area is 152 Å². The van der Waals surface area contributed by atoms with E-state index in [1.807, 2.05) is 13.0 Å². The number of nitro groups is 1. The normalized spacial score (nSPS) is 11.2. The van der Waals surface area contributed by atoms with E-state index < -0.39 is 14.9 Å². The third kappa shape index (κ3) is 4.70. The summed E-state index contributed by atoms with van der Waals surface area (Å²) in [6.07, 6.45) is 0. The number of nitrogens with one attached hydrogen (secondary N) is 2. The van der Waals surface area contributed by atoms with Crippen molar-refractivity contribution in [2.75, 3.05) is 30.3 Å². The molecule has 2 N–H and O–H groups in total. The van der Waals surface area contributed by atoms with Crippen molar-refractivity contribution in [2.45, 2.75) is 18.7 Å². The molecule has 0 amide bonds. The van der Waals surface area contributed by atoms with Gasteiger partial charge in [0, 0.05) is 19.7 Å². The summed E-state index contributed by atoms with van der Waals surface area (Å²) in [6.45, 7) is 4.43. The van der Waals surface area contributed by atoms with Crippen LogP contribution in [-0.4, -0.2) is 33.6 Å². The van der Waals surface area contributed by atoms with Crippen LogP contribution >= 0.6 is 0 Å². The molecule has 0 aliphatic heterocycles. The fourth-order valence-corrected chi connectivity index (χ4v) is 3.55. The molecule has 2 aromatic rings. The number of benzene rings is 2. The maximum atomic E-state index is 12.6. The van der Waals surface area contributed by atoms with E-state index in [1.165, 1.54) is 19.2 Å². The van der Waals surface area contributed by atoms with Crippen LogP contribution < -0.4 is 10.0 Å². The number of aryl methyl sites for hydroxylation is 2. The van der Waals surface area contributed by atoms with Crippen LogP contribution in [0, 0.1) is 24.0 Å². The van der Waals surface area contributed by atoms with Crippen molar-refractivity contribution in [1.82, 2.24) is 0 Å². The van der Waals surface area contributed by atoms with Crippen LogP contribution in [0.3, 0.4) is 0 Å². The molecule has 26 heavy (non-hydrogen) atoms. The molecule has 0 heterocycles. The standard InChI is InChI=1S/C17H21N3O5S/c1-12-4-6-15(13(2)10-12)19-26(23,24)14-5-7-16(18-8-9-25-3)17(11-14)20(21)22/h4-7,10-11,18-19H,8-9H2,1-3H3. The fourth-order valence-electron chi connectivity index (χ4n) is 2.40. The minimum Gasteiger partial charge on any atom is -0.383 e. The molecule has 2 aromatic carbocycles. The van der Waals surface area contributed by atoms with Crippen LogP contribution in [0.15, 0.2) is 41.3 Å². The smallest absolute Gasteiger partial charge is 0.293 e. The van der Waals surface area contributed by atoms with Crippen molar-refractivity contribution in [3.63, 3.8) is 0 Å². The van der Waals surface area contributed by atoms with Gasteiger partial charge >= 0.3 is 0 Å². The van der Waals surface area contributed by atoms with Crippen LogP contribution in [0.5, 0.6) is 0 Å². The topological polar surface area (TPSA) is 111 Å². The van der Waals surface area contributed by atoms with Gasteiger partial charge in [-0.05, 0) is 37.6 Å². The molecule has 0 bridgehead atoms. The summed E-state index contributed by atoms with van der Waals surface area (Å²) in [5.41, 5.74) is 2.12. The molecule has 9 heteroatoms. The number of nitrogens with zero attached hydrogens (tertiary/aromatic N) is 1. The average Bonchev–Trinajstić information content (AvgIpc) is 2.57. The molecule has 8 nitrogen and oxygen atoms in total. The SMILES string of the molecule is COCCNc1ccc(S(=O)(=O)Nc2ccc(C)cc2C)cc1[N+](=O)[O-]. The van der Waals surface area contributed by atoms with Crippen LogP contribution in [0.25, 0.3) is 0 Å². The molecule has 0 saturated carbocycles. The Kier molecular flexibility index (Phi) is 6.17. The first kappa shape index (κ1) is 19.7. The van der Waals surface area contributed by atoms with Crippen molar-refractivity contribution in [3.8, 4) is 0 Å². The molecular weight excluding hydrogens is 358 g/mol. The van der Waals surface area contributed by atoms with Crippen molar-refractivity contribution in [2.24, 2.45) is 0 Å². The minimum atomic E-state index is -3.95. The van der Waals surface area contributed by atoms with Crippen LogP contribution in [-0.2, 0) is 14.8 Å². The van der Waals surface area contributed by atoms with Gasteiger partial charge in [0.25, 0.3) is 15.7 Å². The summed E-state index contributed by atoms with van der Waals surface area (Å²) in [6, 6.07) is 9.05. The molecule has 0 saturated heterocycles. The van der Waals surface area contributed by atoms with Gasteiger partial charge < -0.3 is 10.1 Å². The Morgan fingerprint density at radius 3 is 2.42 bits per heavy atom. The van der Waals surface area contributed by atoms with E-state index >= 15 is 0 Å². The van der Waals surface area contributed by atoms with Gasteiger partial charge in [0.15, 0.2) is 0 Å². The molecule has 2 rings (SSSR count). The first-order chi connectivity index (χ1) is 12.2. The summed E-state index contributed by atoms with van der Waals surface area (Å²) < 4.78 is 32.6. The maximum Gasteiger partial charge on any atom is 0.293 e. The van der Waals surface area contributed by atoms with E-state index in [1.54, 1.807) is 19.1 Å². The number of ether oxygens (including phenoxy) is 1. The number of rotatable bonds is 8. The highest BCUT2D eigenvalue weighted by atomic mass is 32.2. The summed E-state index contributed by atoms with van der Waals surface area (Å²) in [4.78, 5) is 10.5. The van der Waals surface area contributed by atoms with Crippen molar-refractivity contribution >= 4 is 27.1 Å². The van der Waals surface area contributed by atoms with Crippen molar-refractivity contribution in [3.05, 3.63) is 57.6 Å². The monoisotopic (exact) mass is 379 g/mol. The van der Waals surface area contributed by atoms with Gasteiger partial charge in [0.2, 0.25) is 0 Å². The van der Waals surface area contributed by atoms with Gasteiger partial charge in [-0.1, -0.05) is 17.7 Å². The van der Waals surface area contributed by atoms with Gasteiger partial charge in [-0.3, -0.25) is 14.8 Å². The molecule has 0 aromatic heterocycles. The Balaban J connectivity index is 2.33. The molecule has 0 unspecified atom stereocenters. The number of hydrogen-bond donors (Lipinski definition) is 2. The van der Waals surface area contributed by atoms with Crippen LogP contribution in [0.4, 0.5) is 17.1 Å². The van der Waals surface area contributed by atoms with E-state index in [0.29, 0.717) is 18.8 Å². The molecular formula is C17H21N3O5S. The Morgan fingerprint density at radius 1 is 1.12 bits per heavy atom. The van der Waals surface area contributed by atoms with Crippen molar-refractivity contribution in [1.29, 1.82) is 0 Å². The first-order valence-electron chi connectivity index (χ1n) is 7.86. The quantitative estimate of drug-likeness (QED) is 0.414. The zero-order valence-electron chi connectivity index (χ0n) is 14.8. The third-order valence-corrected chi connectivity index (χ3v) is 5.09. The van der Waals surface area contributed by atoms with Gasteiger partial charge in [-0.2, -0.15) is 0 Å². The van der Waals surface area contributed by atoms with E-state index in [0.717, 1.165) is 17.2 Å². The first-order valence-corrected chi connectivity index (χ1v) is 9.34. The summed E-state index contributed by atoms with van der Waals surface area (Å²) in [5.74, 6) is 0. The van der Waals surface area contributed by atoms with E-state index in [-0.39, 0.29) is 16.3 Å². The van der Waals surface area contributed by atoms with E-state index in [9.17, 15) is 18.5 Å². The van der Waals surface area contributed by atoms with Gasteiger partial charge in [-0.15, -0.1) is 0 Å². The number of methoxy groups -OCH3 is 1. The Hall–Kier alpha value is -2.65. The molecule has 0 atom stereocenters. The molecule has 0 aliphatic carbocycles. The second-order valence-electron chi connectivity index (χ2n) is 5.78. The number of nitro benzene ring substituents is 1. The second-order valence-corrected chi connectivity index (χ2v) is 7.46. The predicted molar refractivity (Wildman–Crippen MR) is 100 cm³/mol. The molecule has 0 spiro atoms. The zero-order valence-corrected chi connectivity index (χ0v) is 15.6. The lowest BCUT2D eigenvalue weighted by Gasteiger charge is -2.12. The molecule has 0 fully saturated rings. The molecule has 140 valence electrons. The summed E-state index contributed by atoms with van der Waals surface area (Å²) >= 11 is 0. The molecule has 0 aliphatic rings. The highest BCUT2D eigenvalue weighted by Crippen LogP contribution is 2.29. The maximum absolute atomic E-state index is 12.6. The van der Waals surface area contributed by atoms with Gasteiger partial charge in [0.1, 0.15) is 5.69 Å². The predicted octanol–water partition coefficient (Wildman–Crippen LogP) is 3.07. The summed E-state index contributed by atoms with van der Waals surface area (Å²) in [5, 5.41) is 14.2. The number of hydrogen-bond acceptors (Lipinski definition) is 6. The average molecular weight is 379 g/mol. The van der Waals surface area contributed by atoms with E-state index in [2.05, 4.69) is 10.0 Å². The van der Waals surface area contributed by atoms with Crippen LogP contribution in [0.2, 0.25) is 0 Å². The number of sulfonamides is 1. The van der Waals surface area contributed by atoms with Crippen LogP contribution in [0.1, 0.15) is 11.1 Å². The Bertz CT molecular complexity index is 913. The lowest BCUT2D eigenvalue weighted by molar-refractivity contribution is -0.384. The van der Waals surface area contributed by atoms with E-state index in [4.69, 9.17) is 4.74 Å². The molecule has 0 radical (unpaired) electrons. The largest absolute Gasteiger partial charge is 0.383 e. The lowest BCUT2D eigenvalue weighted by atomic mass is 10.1. The Morgan fingerprint density at radius 2 is 1.81 bits per heavy atom. The second kappa shape index (κ2) is 8.15. The van der Waals surface area contributed by atoms with Gasteiger partial charge in [0.05, 0.1) is 22.1 Å². The lowest BCUT2D eigenvalue weighted by Crippen LogP contribution is -2.15.